The highest BCUT2D eigenvalue weighted by atomic mass is 16.5. The Kier molecular flexibility index (Phi) is 5.84. The fraction of sp³-hybridized carbons (Fsp3) is 0.650. The van der Waals surface area contributed by atoms with Crippen molar-refractivity contribution < 1.29 is 14.6 Å². The number of carbonyl (C=O) groups is 1. The summed E-state index contributed by atoms with van der Waals surface area (Å²) in [5.74, 6) is 1.42. The zero-order valence-electron chi connectivity index (χ0n) is 15.3. The molecule has 1 saturated carbocycles. The number of hydrogen-bond donors (Lipinski definition) is 2. The number of aliphatic hydroxyl groups is 1. The first-order valence-electron chi connectivity index (χ1n) is 9.59. The van der Waals surface area contributed by atoms with Crippen molar-refractivity contribution in [1.29, 1.82) is 0 Å². The van der Waals surface area contributed by atoms with E-state index in [2.05, 4.69) is 17.1 Å². The van der Waals surface area contributed by atoms with E-state index in [0.717, 1.165) is 62.3 Å². The van der Waals surface area contributed by atoms with Gasteiger partial charge in [-0.3, -0.25) is 4.79 Å². The minimum absolute atomic E-state index is 0.0577. The standard InChI is InChI=1S/C20H30N2O3/c1-3-12-25-19-13-16(22-10-8-17(23)9-11-22)6-7-18(19)21-20(24)14(2)15-4-5-15/h6-7,13-15,17,23H,3-5,8-12H2,1-2H3,(H,21,24). The van der Waals surface area contributed by atoms with Crippen molar-refractivity contribution in [1.82, 2.24) is 0 Å². The van der Waals surface area contributed by atoms with Crippen molar-refractivity contribution in [3.8, 4) is 5.75 Å². The number of rotatable bonds is 7. The molecule has 2 aliphatic rings. The van der Waals surface area contributed by atoms with Gasteiger partial charge in [-0.1, -0.05) is 13.8 Å². The molecule has 0 aromatic heterocycles. The van der Waals surface area contributed by atoms with Crippen molar-refractivity contribution >= 4 is 17.3 Å². The summed E-state index contributed by atoms with van der Waals surface area (Å²) < 4.78 is 5.90. The van der Waals surface area contributed by atoms with E-state index in [1.165, 1.54) is 0 Å². The molecule has 5 nitrogen and oxygen atoms in total. The summed E-state index contributed by atoms with van der Waals surface area (Å²) in [4.78, 5) is 14.7. The quantitative estimate of drug-likeness (QED) is 0.794. The maximum Gasteiger partial charge on any atom is 0.227 e. The average molecular weight is 346 g/mol. The fourth-order valence-corrected chi connectivity index (χ4v) is 3.32. The number of nitrogens with zero attached hydrogens (tertiary/aromatic N) is 1. The Morgan fingerprint density at radius 1 is 1.32 bits per heavy atom. The SMILES string of the molecule is CCCOc1cc(N2CCC(O)CC2)ccc1NC(=O)C(C)C1CC1. The molecular weight excluding hydrogens is 316 g/mol. The summed E-state index contributed by atoms with van der Waals surface area (Å²) in [7, 11) is 0. The highest BCUT2D eigenvalue weighted by Crippen LogP contribution is 2.38. The van der Waals surface area contributed by atoms with E-state index in [1.807, 2.05) is 25.1 Å². The van der Waals surface area contributed by atoms with Gasteiger partial charge in [0, 0.05) is 30.8 Å². The Hall–Kier alpha value is -1.75. The minimum Gasteiger partial charge on any atom is -0.491 e. The van der Waals surface area contributed by atoms with Crippen LogP contribution in [0.25, 0.3) is 0 Å². The van der Waals surface area contributed by atoms with Crippen LogP contribution < -0.4 is 15.0 Å². The lowest BCUT2D eigenvalue weighted by molar-refractivity contribution is -0.119. The molecule has 138 valence electrons. The van der Waals surface area contributed by atoms with Gasteiger partial charge in [-0.05, 0) is 50.2 Å². The Bertz CT molecular complexity index is 593. The van der Waals surface area contributed by atoms with Gasteiger partial charge in [0.15, 0.2) is 0 Å². The third-order valence-electron chi connectivity index (χ3n) is 5.26. The van der Waals surface area contributed by atoms with Crippen LogP contribution in [-0.4, -0.2) is 36.8 Å². The van der Waals surface area contributed by atoms with Crippen molar-refractivity contribution in [2.24, 2.45) is 11.8 Å². The molecule has 1 amide bonds. The topological polar surface area (TPSA) is 61.8 Å². The summed E-state index contributed by atoms with van der Waals surface area (Å²) in [6, 6.07) is 6.00. The maximum absolute atomic E-state index is 12.4. The third-order valence-corrected chi connectivity index (χ3v) is 5.26. The van der Waals surface area contributed by atoms with Gasteiger partial charge >= 0.3 is 0 Å². The Balaban J connectivity index is 1.73. The van der Waals surface area contributed by atoms with Crippen molar-refractivity contribution in [3.63, 3.8) is 0 Å². The van der Waals surface area contributed by atoms with Gasteiger partial charge < -0.3 is 20.1 Å². The molecule has 3 rings (SSSR count). The predicted molar refractivity (Wildman–Crippen MR) is 100 cm³/mol. The first kappa shape index (κ1) is 18.1. The van der Waals surface area contributed by atoms with Crippen LogP contribution in [0.1, 0.15) is 46.0 Å². The van der Waals surface area contributed by atoms with Crippen LogP contribution in [0.5, 0.6) is 5.75 Å². The molecule has 25 heavy (non-hydrogen) atoms. The van der Waals surface area contributed by atoms with Crippen LogP contribution in [0.2, 0.25) is 0 Å². The molecule has 1 heterocycles. The average Bonchev–Trinajstić information content (AvgIpc) is 3.46. The number of hydrogen-bond acceptors (Lipinski definition) is 4. The summed E-state index contributed by atoms with van der Waals surface area (Å²) in [5, 5.41) is 12.7. The number of carbonyl (C=O) groups excluding carboxylic acids is 1. The summed E-state index contributed by atoms with van der Waals surface area (Å²) in [6.45, 7) is 6.40. The van der Waals surface area contributed by atoms with Gasteiger partial charge in [-0.2, -0.15) is 0 Å². The molecule has 1 saturated heterocycles. The van der Waals surface area contributed by atoms with E-state index in [4.69, 9.17) is 4.74 Å². The molecule has 0 radical (unpaired) electrons. The van der Waals surface area contributed by atoms with Crippen LogP contribution >= 0.6 is 0 Å². The van der Waals surface area contributed by atoms with E-state index < -0.39 is 0 Å². The molecule has 1 atom stereocenters. The highest BCUT2D eigenvalue weighted by Gasteiger charge is 2.33. The third kappa shape index (κ3) is 4.66. The maximum atomic E-state index is 12.4. The van der Waals surface area contributed by atoms with Crippen molar-refractivity contribution in [2.45, 2.75) is 52.1 Å². The summed E-state index contributed by atoms with van der Waals surface area (Å²) >= 11 is 0. The van der Waals surface area contributed by atoms with Crippen LogP contribution in [0, 0.1) is 11.8 Å². The Morgan fingerprint density at radius 3 is 2.68 bits per heavy atom. The monoisotopic (exact) mass is 346 g/mol. The van der Waals surface area contributed by atoms with Crippen LogP contribution in [0.3, 0.4) is 0 Å². The summed E-state index contributed by atoms with van der Waals surface area (Å²) in [6.07, 6.45) is 4.65. The number of anilines is 2. The molecule has 2 fully saturated rings. The first-order valence-corrected chi connectivity index (χ1v) is 9.59. The normalized spacial score (nSPS) is 19.6. The number of aliphatic hydroxyl groups excluding tert-OH is 1. The van der Waals surface area contributed by atoms with Gasteiger partial charge in [-0.15, -0.1) is 0 Å². The predicted octanol–water partition coefficient (Wildman–Crippen LogP) is 3.42. The second-order valence-electron chi connectivity index (χ2n) is 7.36. The molecular formula is C20H30N2O3. The van der Waals surface area contributed by atoms with Gasteiger partial charge in [-0.25, -0.2) is 0 Å². The number of amides is 1. The van der Waals surface area contributed by atoms with Gasteiger partial charge in [0.1, 0.15) is 5.75 Å². The minimum atomic E-state index is -0.186. The number of ether oxygens (including phenoxy) is 1. The van der Waals surface area contributed by atoms with Gasteiger partial charge in [0.25, 0.3) is 0 Å². The molecule has 0 bridgehead atoms. The molecule has 0 spiro atoms. The molecule has 1 aromatic carbocycles. The van der Waals surface area contributed by atoms with E-state index in [1.54, 1.807) is 0 Å². The highest BCUT2D eigenvalue weighted by molar-refractivity contribution is 5.94. The number of piperidine rings is 1. The molecule has 2 N–H and O–H groups in total. The zero-order chi connectivity index (χ0) is 17.8. The largest absolute Gasteiger partial charge is 0.491 e. The van der Waals surface area contributed by atoms with E-state index in [-0.39, 0.29) is 17.9 Å². The fourth-order valence-electron chi connectivity index (χ4n) is 3.32. The molecule has 1 unspecified atom stereocenters. The van der Waals surface area contributed by atoms with Gasteiger partial charge in [0.2, 0.25) is 5.91 Å². The van der Waals surface area contributed by atoms with Crippen LogP contribution in [-0.2, 0) is 4.79 Å². The second kappa shape index (κ2) is 8.09. The summed E-state index contributed by atoms with van der Waals surface area (Å²) in [5.41, 5.74) is 1.85. The Morgan fingerprint density at radius 2 is 2.04 bits per heavy atom. The van der Waals surface area contributed by atoms with Crippen LogP contribution in [0.4, 0.5) is 11.4 Å². The lowest BCUT2D eigenvalue weighted by Crippen LogP contribution is -2.35. The van der Waals surface area contributed by atoms with Crippen molar-refractivity contribution in [3.05, 3.63) is 18.2 Å². The lowest BCUT2D eigenvalue weighted by atomic mass is 10.1. The zero-order valence-corrected chi connectivity index (χ0v) is 15.3. The van der Waals surface area contributed by atoms with Gasteiger partial charge in [0.05, 0.1) is 18.4 Å². The first-order chi connectivity index (χ1) is 12.1. The number of benzene rings is 1. The molecule has 1 aliphatic heterocycles. The lowest BCUT2D eigenvalue weighted by Gasteiger charge is -2.32. The van der Waals surface area contributed by atoms with Crippen molar-refractivity contribution in [2.75, 3.05) is 29.9 Å². The van der Waals surface area contributed by atoms with E-state index in [9.17, 15) is 9.90 Å². The van der Waals surface area contributed by atoms with Crippen LogP contribution in [0.15, 0.2) is 18.2 Å². The molecule has 1 aromatic rings. The van der Waals surface area contributed by atoms with E-state index in [0.29, 0.717) is 12.5 Å². The second-order valence-corrected chi connectivity index (χ2v) is 7.36. The Labute approximate surface area is 150 Å². The smallest absolute Gasteiger partial charge is 0.227 e. The molecule has 5 heteroatoms. The van der Waals surface area contributed by atoms with E-state index >= 15 is 0 Å². The number of nitrogens with one attached hydrogen (secondary N) is 1. The molecule has 1 aliphatic carbocycles.